The van der Waals surface area contributed by atoms with E-state index < -0.39 is 0 Å². The lowest BCUT2D eigenvalue weighted by Gasteiger charge is -2.12. The second-order valence-electron chi connectivity index (χ2n) is 3.14. The Morgan fingerprint density at radius 2 is 2.08 bits per heavy atom. The quantitative estimate of drug-likeness (QED) is 0.745. The summed E-state index contributed by atoms with van der Waals surface area (Å²) in [7, 11) is 1.80. The van der Waals surface area contributed by atoms with Crippen molar-refractivity contribution in [1.82, 2.24) is 5.32 Å². The summed E-state index contributed by atoms with van der Waals surface area (Å²) in [6.07, 6.45) is 0. The number of hydrogen-bond acceptors (Lipinski definition) is 2. The number of aryl methyl sites for hydroxylation is 1. The van der Waals surface area contributed by atoms with Crippen molar-refractivity contribution < 1.29 is 0 Å². The monoisotopic (exact) mass is 174 g/mol. The number of hydrogen-bond donors (Lipinski definition) is 1. The van der Waals surface area contributed by atoms with Gasteiger partial charge in [0.1, 0.15) is 6.04 Å². The molecule has 1 atom stereocenters. The molecule has 2 heteroatoms. The summed E-state index contributed by atoms with van der Waals surface area (Å²) in [5.41, 5.74) is 3.50. The Morgan fingerprint density at radius 1 is 1.38 bits per heavy atom. The molecule has 68 valence electrons. The van der Waals surface area contributed by atoms with E-state index in [-0.39, 0.29) is 6.04 Å². The summed E-state index contributed by atoms with van der Waals surface area (Å²) in [6, 6.07) is 8.07. The number of nitrogens with one attached hydrogen (secondary N) is 1. The van der Waals surface area contributed by atoms with E-state index in [1.54, 1.807) is 7.05 Å². The molecular weight excluding hydrogens is 160 g/mol. The second kappa shape index (κ2) is 4.06. The molecule has 1 aromatic carbocycles. The standard InChI is InChI=1S/C11H14N2/c1-8-5-4-6-10(9(8)2)11(7-12)13-3/h4-6,11,13H,1-3H3. The van der Waals surface area contributed by atoms with Crippen molar-refractivity contribution in [2.45, 2.75) is 19.9 Å². The molecular formula is C11H14N2. The third-order valence-electron chi connectivity index (χ3n) is 2.38. The van der Waals surface area contributed by atoms with Gasteiger partial charge in [-0.3, -0.25) is 0 Å². The minimum absolute atomic E-state index is 0.195. The van der Waals surface area contributed by atoms with E-state index in [9.17, 15) is 0 Å². The lowest BCUT2D eigenvalue weighted by Crippen LogP contribution is -2.15. The largest absolute Gasteiger partial charge is 0.301 e. The van der Waals surface area contributed by atoms with E-state index in [4.69, 9.17) is 5.26 Å². The van der Waals surface area contributed by atoms with Gasteiger partial charge in [0.25, 0.3) is 0 Å². The summed E-state index contributed by atoms with van der Waals surface area (Å²) in [5, 5.41) is 11.9. The zero-order valence-corrected chi connectivity index (χ0v) is 8.26. The summed E-state index contributed by atoms with van der Waals surface area (Å²) in [4.78, 5) is 0. The van der Waals surface area contributed by atoms with Gasteiger partial charge in [-0.05, 0) is 37.6 Å². The van der Waals surface area contributed by atoms with Crippen LogP contribution < -0.4 is 5.32 Å². The summed E-state index contributed by atoms with van der Waals surface area (Å²) < 4.78 is 0. The molecule has 13 heavy (non-hydrogen) atoms. The van der Waals surface area contributed by atoms with Gasteiger partial charge in [-0.25, -0.2) is 0 Å². The zero-order chi connectivity index (χ0) is 9.84. The van der Waals surface area contributed by atoms with Crippen LogP contribution in [0.1, 0.15) is 22.7 Å². The van der Waals surface area contributed by atoms with Crippen LogP contribution in [0.2, 0.25) is 0 Å². The van der Waals surface area contributed by atoms with Gasteiger partial charge in [0.05, 0.1) is 6.07 Å². The molecule has 0 saturated carbocycles. The predicted octanol–water partition coefficient (Wildman–Crippen LogP) is 2.09. The van der Waals surface area contributed by atoms with E-state index in [0.29, 0.717) is 0 Å². The molecule has 0 bridgehead atoms. The fourth-order valence-electron chi connectivity index (χ4n) is 1.38. The summed E-state index contributed by atoms with van der Waals surface area (Å²) >= 11 is 0. The molecule has 0 fully saturated rings. The van der Waals surface area contributed by atoms with E-state index in [1.165, 1.54) is 11.1 Å². The van der Waals surface area contributed by atoms with E-state index in [2.05, 4.69) is 24.4 Å². The highest BCUT2D eigenvalue weighted by Crippen LogP contribution is 2.19. The Bertz CT molecular complexity index is 336. The summed E-state index contributed by atoms with van der Waals surface area (Å²) in [6.45, 7) is 4.11. The minimum Gasteiger partial charge on any atom is -0.301 e. The third kappa shape index (κ3) is 1.88. The van der Waals surface area contributed by atoms with Crippen molar-refractivity contribution in [3.63, 3.8) is 0 Å². The molecule has 0 saturated heterocycles. The van der Waals surface area contributed by atoms with Gasteiger partial charge in [0.2, 0.25) is 0 Å². The fraction of sp³-hybridized carbons (Fsp3) is 0.364. The van der Waals surface area contributed by atoms with Crippen molar-refractivity contribution >= 4 is 0 Å². The number of nitriles is 1. The molecule has 0 amide bonds. The molecule has 1 N–H and O–H groups in total. The molecule has 2 nitrogen and oxygen atoms in total. The molecule has 1 rings (SSSR count). The van der Waals surface area contributed by atoms with Crippen LogP contribution >= 0.6 is 0 Å². The molecule has 1 aromatic rings. The van der Waals surface area contributed by atoms with Crippen molar-refractivity contribution in [2.24, 2.45) is 0 Å². The minimum atomic E-state index is -0.195. The maximum absolute atomic E-state index is 8.88. The highest BCUT2D eigenvalue weighted by Gasteiger charge is 2.10. The van der Waals surface area contributed by atoms with Crippen molar-refractivity contribution in [2.75, 3.05) is 7.05 Å². The Labute approximate surface area is 79.2 Å². The average molecular weight is 174 g/mol. The van der Waals surface area contributed by atoms with E-state index >= 15 is 0 Å². The van der Waals surface area contributed by atoms with Crippen LogP contribution in [0, 0.1) is 25.2 Å². The topological polar surface area (TPSA) is 35.8 Å². The van der Waals surface area contributed by atoms with Crippen LogP contribution in [0.5, 0.6) is 0 Å². The second-order valence-corrected chi connectivity index (χ2v) is 3.14. The van der Waals surface area contributed by atoms with E-state index in [0.717, 1.165) is 5.56 Å². The molecule has 0 aliphatic rings. The maximum atomic E-state index is 8.88. The van der Waals surface area contributed by atoms with Crippen molar-refractivity contribution in [3.05, 3.63) is 34.9 Å². The Morgan fingerprint density at radius 3 is 2.62 bits per heavy atom. The normalized spacial score (nSPS) is 12.2. The average Bonchev–Trinajstić information content (AvgIpc) is 2.14. The molecule has 0 aliphatic carbocycles. The lowest BCUT2D eigenvalue weighted by molar-refractivity contribution is 0.721. The van der Waals surface area contributed by atoms with Crippen LogP contribution in [-0.2, 0) is 0 Å². The van der Waals surface area contributed by atoms with Gasteiger partial charge in [0.15, 0.2) is 0 Å². The zero-order valence-electron chi connectivity index (χ0n) is 8.26. The molecule has 0 heterocycles. The number of nitrogens with zero attached hydrogens (tertiary/aromatic N) is 1. The lowest BCUT2D eigenvalue weighted by atomic mass is 9.98. The van der Waals surface area contributed by atoms with Gasteiger partial charge < -0.3 is 5.32 Å². The van der Waals surface area contributed by atoms with E-state index in [1.807, 2.05) is 19.1 Å². The Balaban J connectivity index is 3.15. The molecule has 0 aromatic heterocycles. The Kier molecular flexibility index (Phi) is 3.05. The van der Waals surface area contributed by atoms with Gasteiger partial charge in [-0.2, -0.15) is 5.26 Å². The van der Waals surface area contributed by atoms with Gasteiger partial charge in [0, 0.05) is 0 Å². The maximum Gasteiger partial charge on any atom is 0.121 e. The first-order chi connectivity index (χ1) is 6.20. The van der Waals surface area contributed by atoms with Crippen LogP contribution in [0.25, 0.3) is 0 Å². The Hall–Kier alpha value is -1.33. The smallest absolute Gasteiger partial charge is 0.121 e. The van der Waals surface area contributed by atoms with Crippen LogP contribution in [0.3, 0.4) is 0 Å². The predicted molar refractivity (Wildman–Crippen MR) is 53.3 cm³/mol. The number of rotatable bonds is 2. The van der Waals surface area contributed by atoms with Crippen LogP contribution in [0.4, 0.5) is 0 Å². The highest BCUT2D eigenvalue weighted by atomic mass is 14.9. The van der Waals surface area contributed by atoms with Gasteiger partial charge >= 0.3 is 0 Å². The van der Waals surface area contributed by atoms with Crippen molar-refractivity contribution in [3.8, 4) is 6.07 Å². The fourth-order valence-corrected chi connectivity index (χ4v) is 1.38. The SMILES string of the molecule is CNC(C#N)c1cccc(C)c1C. The first kappa shape index (κ1) is 9.76. The third-order valence-corrected chi connectivity index (χ3v) is 2.38. The van der Waals surface area contributed by atoms with Gasteiger partial charge in [-0.1, -0.05) is 18.2 Å². The molecule has 0 spiro atoms. The first-order valence-electron chi connectivity index (χ1n) is 4.33. The number of benzene rings is 1. The van der Waals surface area contributed by atoms with Crippen molar-refractivity contribution in [1.29, 1.82) is 5.26 Å². The summed E-state index contributed by atoms with van der Waals surface area (Å²) in [5.74, 6) is 0. The van der Waals surface area contributed by atoms with Crippen LogP contribution in [0.15, 0.2) is 18.2 Å². The molecule has 0 radical (unpaired) electrons. The van der Waals surface area contributed by atoms with Crippen LogP contribution in [-0.4, -0.2) is 7.05 Å². The van der Waals surface area contributed by atoms with Gasteiger partial charge in [-0.15, -0.1) is 0 Å². The molecule has 1 unspecified atom stereocenters. The first-order valence-corrected chi connectivity index (χ1v) is 4.33. The molecule has 0 aliphatic heterocycles. The highest BCUT2D eigenvalue weighted by molar-refractivity contribution is 5.37.